The van der Waals surface area contributed by atoms with Crippen LogP contribution in [0.1, 0.15) is 65.7 Å². The number of hydrogen-bond donors (Lipinski definition) is 0. The third-order valence-electron chi connectivity index (χ3n) is 3.24. The highest BCUT2D eigenvalue weighted by Gasteiger charge is 2.18. The van der Waals surface area contributed by atoms with Crippen LogP contribution in [0.3, 0.4) is 0 Å². The molecule has 1 aliphatic carbocycles. The highest BCUT2D eigenvalue weighted by Crippen LogP contribution is 2.36. The first kappa shape index (κ1) is 10.8. The molecule has 1 fully saturated rings. The quantitative estimate of drug-likeness (QED) is 0.520. The van der Waals surface area contributed by atoms with Crippen molar-refractivity contribution in [1.82, 2.24) is 0 Å². The van der Waals surface area contributed by atoms with Crippen molar-refractivity contribution in [3.8, 4) is 0 Å². The molecule has 13 heavy (non-hydrogen) atoms. The Labute approximate surface area is 83.4 Å². The van der Waals surface area contributed by atoms with Gasteiger partial charge in [0.2, 0.25) is 0 Å². The van der Waals surface area contributed by atoms with Crippen molar-refractivity contribution in [3.05, 3.63) is 11.1 Å². The molecule has 0 heteroatoms. The average Bonchev–Trinajstić information content (AvgIpc) is 2.95. The van der Waals surface area contributed by atoms with E-state index in [-0.39, 0.29) is 0 Å². The summed E-state index contributed by atoms with van der Waals surface area (Å²) in [7, 11) is 0. The summed E-state index contributed by atoms with van der Waals surface area (Å²) in [5.41, 5.74) is 3.58. The summed E-state index contributed by atoms with van der Waals surface area (Å²) < 4.78 is 0. The van der Waals surface area contributed by atoms with Crippen LogP contribution in [0.25, 0.3) is 0 Å². The van der Waals surface area contributed by atoms with Gasteiger partial charge in [0.25, 0.3) is 0 Å². The third-order valence-corrected chi connectivity index (χ3v) is 3.24. The monoisotopic (exact) mass is 180 g/mol. The molecule has 1 rings (SSSR count). The van der Waals surface area contributed by atoms with E-state index in [0.29, 0.717) is 0 Å². The standard InChI is InChI=1S/C13H24/c1-4-7-11(5-2)10-12(6-3)13-8-9-13/h11H,4-10H2,1-3H3. The Bertz CT molecular complexity index is 170. The summed E-state index contributed by atoms with van der Waals surface area (Å²) >= 11 is 0. The van der Waals surface area contributed by atoms with Crippen molar-refractivity contribution in [3.63, 3.8) is 0 Å². The van der Waals surface area contributed by atoms with Crippen LogP contribution in [0.5, 0.6) is 0 Å². The van der Waals surface area contributed by atoms with Gasteiger partial charge in [-0.15, -0.1) is 0 Å². The summed E-state index contributed by atoms with van der Waals surface area (Å²) in [6, 6.07) is 0. The normalized spacial score (nSPS) is 17.3. The van der Waals surface area contributed by atoms with E-state index in [9.17, 15) is 0 Å². The minimum Gasteiger partial charge on any atom is -0.0710 e. The molecule has 0 aliphatic heterocycles. The molecule has 1 saturated carbocycles. The van der Waals surface area contributed by atoms with Gasteiger partial charge in [0.05, 0.1) is 0 Å². The lowest BCUT2D eigenvalue weighted by molar-refractivity contribution is 0.456. The molecule has 1 unspecified atom stereocenters. The van der Waals surface area contributed by atoms with Gasteiger partial charge in [-0.1, -0.05) is 51.2 Å². The van der Waals surface area contributed by atoms with Gasteiger partial charge in [-0.05, 0) is 31.6 Å². The van der Waals surface area contributed by atoms with Crippen LogP contribution in [0.15, 0.2) is 11.1 Å². The molecule has 0 amide bonds. The molecule has 0 nitrogen and oxygen atoms in total. The van der Waals surface area contributed by atoms with E-state index in [4.69, 9.17) is 0 Å². The maximum atomic E-state index is 2.34. The fourth-order valence-corrected chi connectivity index (χ4v) is 2.16. The van der Waals surface area contributed by atoms with Crippen LogP contribution in [0, 0.1) is 5.92 Å². The molecule has 0 bridgehead atoms. The molecular weight excluding hydrogens is 156 g/mol. The Morgan fingerprint density at radius 1 is 1.23 bits per heavy atom. The van der Waals surface area contributed by atoms with Gasteiger partial charge in [-0.2, -0.15) is 0 Å². The fourth-order valence-electron chi connectivity index (χ4n) is 2.16. The average molecular weight is 180 g/mol. The zero-order valence-electron chi connectivity index (χ0n) is 9.53. The highest BCUT2D eigenvalue weighted by molar-refractivity contribution is 5.25. The van der Waals surface area contributed by atoms with Crippen LogP contribution in [-0.4, -0.2) is 0 Å². The zero-order valence-corrected chi connectivity index (χ0v) is 9.53. The molecule has 76 valence electrons. The summed E-state index contributed by atoms with van der Waals surface area (Å²) in [4.78, 5) is 0. The summed E-state index contributed by atoms with van der Waals surface area (Å²) in [5, 5.41) is 0. The van der Waals surface area contributed by atoms with E-state index in [1.807, 2.05) is 0 Å². The van der Waals surface area contributed by atoms with Crippen molar-refractivity contribution in [2.24, 2.45) is 5.92 Å². The van der Waals surface area contributed by atoms with Gasteiger partial charge in [0.1, 0.15) is 0 Å². The van der Waals surface area contributed by atoms with Crippen LogP contribution in [0.2, 0.25) is 0 Å². The molecule has 0 spiro atoms. The van der Waals surface area contributed by atoms with Gasteiger partial charge in [-0.25, -0.2) is 0 Å². The molecular formula is C13H24. The van der Waals surface area contributed by atoms with Gasteiger partial charge < -0.3 is 0 Å². The molecule has 1 atom stereocenters. The first-order valence-electron chi connectivity index (χ1n) is 6.01. The Morgan fingerprint density at radius 2 is 1.92 bits per heavy atom. The lowest BCUT2D eigenvalue weighted by atomic mass is 9.91. The molecule has 0 saturated heterocycles. The second-order valence-corrected chi connectivity index (χ2v) is 4.33. The summed E-state index contributed by atoms with van der Waals surface area (Å²) in [6.45, 7) is 6.96. The zero-order chi connectivity index (χ0) is 9.68. The number of hydrogen-bond acceptors (Lipinski definition) is 0. The van der Waals surface area contributed by atoms with E-state index >= 15 is 0 Å². The van der Waals surface area contributed by atoms with Crippen LogP contribution >= 0.6 is 0 Å². The SMILES string of the molecule is CCCC(CC)CC(CC)=C1CC1. The van der Waals surface area contributed by atoms with Gasteiger partial charge >= 0.3 is 0 Å². The molecule has 0 heterocycles. The van der Waals surface area contributed by atoms with Crippen molar-refractivity contribution in [1.29, 1.82) is 0 Å². The summed E-state index contributed by atoms with van der Waals surface area (Å²) in [6.07, 6.45) is 9.66. The summed E-state index contributed by atoms with van der Waals surface area (Å²) in [5.74, 6) is 0.966. The maximum absolute atomic E-state index is 2.34. The predicted octanol–water partition coefficient (Wildman–Crippen LogP) is 4.70. The van der Waals surface area contributed by atoms with Crippen LogP contribution in [0.4, 0.5) is 0 Å². The number of rotatable bonds is 6. The topological polar surface area (TPSA) is 0 Å². The minimum atomic E-state index is 0.966. The Balaban J connectivity index is 2.39. The largest absolute Gasteiger partial charge is 0.0710 e. The van der Waals surface area contributed by atoms with E-state index in [1.54, 1.807) is 11.1 Å². The van der Waals surface area contributed by atoms with Crippen molar-refractivity contribution >= 4 is 0 Å². The first-order chi connectivity index (χ1) is 6.31. The smallest absolute Gasteiger partial charge is 0.0280 e. The maximum Gasteiger partial charge on any atom is -0.0280 e. The van der Waals surface area contributed by atoms with E-state index in [1.165, 1.54) is 44.9 Å². The first-order valence-corrected chi connectivity index (χ1v) is 6.01. The van der Waals surface area contributed by atoms with Crippen molar-refractivity contribution in [2.45, 2.75) is 65.7 Å². The van der Waals surface area contributed by atoms with Crippen LogP contribution < -0.4 is 0 Å². The molecule has 0 radical (unpaired) electrons. The Hall–Kier alpha value is -0.260. The highest BCUT2D eigenvalue weighted by atomic mass is 14.2. The Morgan fingerprint density at radius 3 is 2.31 bits per heavy atom. The van der Waals surface area contributed by atoms with Gasteiger partial charge in [-0.3, -0.25) is 0 Å². The van der Waals surface area contributed by atoms with E-state index < -0.39 is 0 Å². The van der Waals surface area contributed by atoms with E-state index in [0.717, 1.165) is 5.92 Å². The fraction of sp³-hybridized carbons (Fsp3) is 0.846. The second-order valence-electron chi connectivity index (χ2n) is 4.33. The van der Waals surface area contributed by atoms with Gasteiger partial charge in [0.15, 0.2) is 0 Å². The molecule has 0 aromatic carbocycles. The second kappa shape index (κ2) is 5.47. The molecule has 1 aliphatic rings. The third kappa shape index (κ3) is 3.54. The van der Waals surface area contributed by atoms with Crippen molar-refractivity contribution < 1.29 is 0 Å². The Kier molecular flexibility index (Phi) is 4.55. The molecule has 0 N–H and O–H groups in total. The number of allylic oxidation sites excluding steroid dienone is 2. The minimum absolute atomic E-state index is 0.966. The molecule has 0 aromatic heterocycles. The van der Waals surface area contributed by atoms with Crippen molar-refractivity contribution in [2.75, 3.05) is 0 Å². The van der Waals surface area contributed by atoms with Gasteiger partial charge in [0, 0.05) is 0 Å². The van der Waals surface area contributed by atoms with Crippen LogP contribution in [-0.2, 0) is 0 Å². The predicted molar refractivity (Wildman–Crippen MR) is 59.9 cm³/mol. The van der Waals surface area contributed by atoms with E-state index in [2.05, 4.69) is 20.8 Å². The lowest BCUT2D eigenvalue weighted by Gasteiger charge is -2.15. The lowest BCUT2D eigenvalue weighted by Crippen LogP contribution is -2.00. The molecule has 0 aromatic rings.